The zero-order valence-electron chi connectivity index (χ0n) is 8.36. The Hall–Kier alpha value is -0.170. The molecule has 1 atom stereocenters. The maximum Gasteiger partial charge on any atom is 0.170 e. The SMILES string of the molecule is CCNCC(O)CSc1nc(C)ns1. The lowest BCUT2D eigenvalue weighted by atomic mass is 10.4. The van der Waals surface area contributed by atoms with Crippen molar-refractivity contribution in [3.05, 3.63) is 5.82 Å². The minimum Gasteiger partial charge on any atom is -0.391 e. The Morgan fingerprint density at radius 1 is 1.64 bits per heavy atom. The molecule has 0 saturated heterocycles. The molecule has 0 aliphatic carbocycles. The summed E-state index contributed by atoms with van der Waals surface area (Å²) in [6.45, 7) is 5.42. The molecular weight excluding hydrogens is 218 g/mol. The van der Waals surface area contributed by atoms with Crippen LogP contribution in [0.25, 0.3) is 0 Å². The lowest BCUT2D eigenvalue weighted by molar-refractivity contribution is 0.197. The molecule has 1 heterocycles. The normalized spacial score (nSPS) is 13.1. The van der Waals surface area contributed by atoms with Gasteiger partial charge in [-0.3, -0.25) is 0 Å². The quantitative estimate of drug-likeness (QED) is 0.715. The molecule has 0 saturated carbocycles. The van der Waals surface area contributed by atoms with E-state index in [1.807, 2.05) is 13.8 Å². The Bertz CT molecular complexity index is 267. The average Bonchev–Trinajstić information content (AvgIpc) is 2.58. The number of aliphatic hydroxyl groups excluding tert-OH is 1. The summed E-state index contributed by atoms with van der Waals surface area (Å²) in [5.74, 6) is 1.47. The third-order valence-corrected chi connectivity index (χ3v) is 3.61. The summed E-state index contributed by atoms with van der Waals surface area (Å²) >= 11 is 2.94. The van der Waals surface area contributed by atoms with Gasteiger partial charge in [0.25, 0.3) is 0 Å². The van der Waals surface area contributed by atoms with Gasteiger partial charge in [-0.05, 0) is 25.0 Å². The van der Waals surface area contributed by atoms with Gasteiger partial charge in [-0.1, -0.05) is 18.7 Å². The van der Waals surface area contributed by atoms with E-state index in [0.29, 0.717) is 12.3 Å². The first-order chi connectivity index (χ1) is 6.72. The first kappa shape index (κ1) is 11.9. The lowest BCUT2D eigenvalue weighted by Gasteiger charge is -2.08. The average molecular weight is 233 g/mol. The van der Waals surface area contributed by atoms with Gasteiger partial charge in [0.15, 0.2) is 4.34 Å². The number of hydrogen-bond donors (Lipinski definition) is 2. The van der Waals surface area contributed by atoms with Crippen LogP contribution in [0.1, 0.15) is 12.7 Å². The number of rotatable bonds is 6. The van der Waals surface area contributed by atoms with Crippen molar-refractivity contribution in [3.8, 4) is 0 Å². The molecule has 0 bridgehead atoms. The highest BCUT2D eigenvalue weighted by Gasteiger charge is 2.06. The summed E-state index contributed by atoms with van der Waals surface area (Å²) in [5.41, 5.74) is 0. The van der Waals surface area contributed by atoms with Crippen molar-refractivity contribution in [2.75, 3.05) is 18.8 Å². The molecule has 1 unspecified atom stereocenters. The van der Waals surface area contributed by atoms with Crippen LogP contribution in [0.4, 0.5) is 0 Å². The Morgan fingerprint density at radius 2 is 2.43 bits per heavy atom. The number of aryl methyl sites for hydroxylation is 1. The standard InChI is InChI=1S/C8H15N3OS2/c1-3-9-4-7(12)5-13-8-10-6(2)11-14-8/h7,9,12H,3-5H2,1-2H3. The molecule has 0 fully saturated rings. The third-order valence-electron chi connectivity index (χ3n) is 1.54. The van der Waals surface area contributed by atoms with Gasteiger partial charge in [0.1, 0.15) is 5.82 Å². The number of nitrogens with zero attached hydrogens (tertiary/aromatic N) is 2. The first-order valence-corrected chi connectivity index (χ1v) is 6.30. The molecule has 0 aliphatic rings. The van der Waals surface area contributed by atoms with Crippen LogP contribution in [0.2, 0.25) is 0 Å². The monoisotopic (exact) mass is 233 g/mol. The Morgan fingerprint density at radius 3 is 3.00 bits per heavy atom. The molecule has 0 amide bonds. The molecule has 0 aromatic carbocycles. The molecule has 80 valence electrons. The second kappa shape index (κ2) is 6.34. The summed E-state index contributed by atoms with van der Waals surface area (Å²) in [5, 5.41) is 12.6. The van der Waals surface area contributed by atoms with Crippen LogP contribution < -0.4 is 5.32 Å². The van der Waals surface area contributed by atoms with Gasteiger partial charge < -0.3 is 10.4 Å². The van der Waals surface area contributed by atoms with E-state index in [1.54, 1.807) is 11.8 Å². The van der Waals surface area contributed by atoms with Crippen LogP contribution in [-0.2, 0) is 0 Å². The van der Waals surface area contributed by atoms with Crippen molar-refractivity contribution in [2.45, 2.75) is 24.3 Å². The number of nitrogens with one attached hydrogen (secondary N) is 1. The van der Waals surface area contributed by atoms with Crippen LogP contribution in [0.5, 0.6) is 0 Å². The zero-order chi connectivity index (χ0) is 10.4. The van der Waals surface area contributed by atoms with Gasteiger partial charge in [0, 0.05) is 12.3 Å². The smallest absolute Gasteiger partial charge is 0.170 e. The fraction of sp³-hybridized carbons (Fsp3) is 0.750. The van der Waals surface area contributed by atoms with Gasteiger partial charge in [-0.15, -0.1) is 0 Å². The van der Waals surface area contributed by atoms with Gasteiger partial charge in [-0.25, -0.2) is 4.98 Å². The van der Waals surface area contributed by atoms with E-state index in [1.165, 1.54) is 11.5 Å². The third kappa shape index (κ3) is 4.36. The lowest BCUT2D eigenvalue weighted by Crippen LogP contribution is -2.28. The molecule has 1 aromatic rings. The fourth-order valence-corrected chi connectivity index (χ4v) is 2.47. The number of aliphatic hydroxyl groups is 1. The minimum absolute atomic E-state index is 0.316. The van der Waals surface area contributed by atoms with Crippen molar-refractivity contribution in [2.24, 2.45) is 0 Å². The first-order valence-electron chi connectivity index (χ1n) is 4.54. The van der Waals surface area contributed by atoms with Gasteiger partial charge in [0.05, 0.1) is 6.10 Å². The predicted molar refractivity (Wildman–Crippen MR) is 59.9 cm³/mol. The highest BCUT2D eigenvalue weighted by Crippen LogP contribution is 2.20. The molecule has 2 N–H and O–H groups in total. The molecule has 1 aromatic heterocycles. The highest BCUT2D eigenvalue weighted by molar-refractivity contribution is 8.00. The summed E-state index contributed by atoms with van der Waals surface area (Å²) in [4.78, 5) is 4.20. The second-order valence-electron chi connectivity index (χ2n) is 2.88. The van der Waals surface area contributed by atoms with Crippen LogP contribution in [-0.4, -0.2) is 39.4 Å². The van der Waals surface area contributed by atoms with Crippen LogP contribution in [0.3, 0.4) is 0 Å². The number of thioether (sulfide) groups is 1. The van der Waals surface area contributed by atoms with Crippen molar-refractivity contribution in [3.63, 3.8) is 0 Å². The Kier molecular flexibility index (Phi) is 5.39. The van der Waals surface area contributed by atoms with Crippen molar-refractivity contribution >= 4 is 23.3 Å². The van der Waals surface area contributed by atoms with E-state index in [2.05, 4.69) is 14.7 Å². The van der Waals surface area contributed by atoms with E-state index < -0.39 is 0 Å². The van der Waals surface area contributed by atoms with E-state index in [0.717, 1.165) is 16.7 Å². The van der Waals surface area contributed by atoms with Gasteiger partial charge >= 0.3 is 0 Å². The van der Waals surface area contributed by atoms with Gasteiger partial charge in [0.2, 0.25) is 0 Å². The molecule has 0 radical (unpaired) electrons. The molecule has 1 rings (SSSR count). The van der Waals surface area contributed by atoms with Crippen molar-refractivity contribution in [1.29, 1.82) is 0 Å². The number of aromatic nitrogens is 2. The van der Waals surface area contributed by atoms with Crippen molar-refractivity contribution in [1.82, 2.24) is 14.7 Å². The van der Waals surface area contributed by atoms with Crippen LogP contribution in [0, 0.1) is 6.92 Å². The topological polar surface area (TPSA) is 58.0 Å². The van der Waals surface area contributed by atoms with Gasteiger partial charge in [-0.2, -0.15) is 4.37 Å². The summed E-state index contributed by atoms with van der Waals surface area (Å²) in [6.07, 6.45) is -0.316. The largest absolute Gasteiger partial charge is 0.391 e. The fourth-order valence-electron chi connectivity index (χ4n) is 0.874. The highest BCUT2D eigenvalue weighted by atomic mass is 32.2. The van der Waals surface area contributed by atoms with E-state index in [4.69, 9.17) is 0 Å². The molecule has 14 heavy (non-hydrogen) atoms. The Balaban J connectivity index is 2.20. The summed E-state index contributed by atoms with van der Waals surface area (Å²) in [6, 6.07) is 0. The maximum atomic E-state index is 9.52. The zero-order valence-corrected chi connectivity index (χ0v) is 9.99. The minimum atomic E-state index is -0.316. The molecule has 0 spiro atoms. The molecule has 0 aliphatic heterocycles. The summed E-state index contributed by atoms with van der Waals surface area (Å²) < 4.78 is 5.00. The Labute approximate surface area is 92.3 Å². The molecule has 4 nitrogen and oxygen atoms in total. The van der Waals surface area contributed by atoms with Crippen molar-refractivity contribution < 1.29 is 5.11 Å². The molecule has 6 heteroatoms. The van der Waals surface area contributed by atoms with E-state index in [-0.39, 0.29) is 6.10 Å². The summed E-state index contributed by atoms with van der Waals surface area (Å²) in [7, 11) is 0. The molecular formula is C8H15N3OS2. The van der Waals surface area contributed by atoms with E-state index >= 15 is 0 Å². The number of likely N-dealkylation sites (N-methyl/N-ethyl adjacent to an activating group) is 1. The second-order valence-corrected chi connectivity index (χ2v) is 4.90. The number of hydrogen-bond acceptors (Lipinski definition) is 6. The van der Waals surface area contributed by atoms with Crippen LogP contribution in [0.15, 0.2) is 4.34 Å². The maximum absolute atomic E-state index is 9.52. The van der Waals surface area contributed by atoms with Crippen LogP contribution >= 0.6 is 23.3 Å². The predicted octanol–water partition coefficient (Wildman–Crippen LogP) is 0.909. The van der Waals surface area contributed by atoms with E-state index in [9.17, 15) is 5.11 Å².